The summed E-state index contributed by atoms with van der Waals surface area (Å²) in [6.45, 7) is 1.70. The molecule has 1 atom stereocenters. The maximum atomic E-state index is 11.7. The molecule has 0 bridgehead atoms. The van der Waals surface area contributed by atoms with Gasteiger partial charge in [-0.1, -0.05) is 60.7 Å². The van der Waals surface area contributed by atoms with E-state index in [2.05, 4.69) is 29.2 Å². The molecule has 1 saturated heterocycles. The molecular weight excluding hydrogens is 322 g/mol. The highest BCUT2D eigenvalue weighted by Gasteiger charge is 2.30. The molecule has 3 rings (SSSR count). The van der Waals surface area contributed by atoms with Crippen LogP contribution in [0.2, 0.25) is 0 Å². The summed E-state index contributed by atoms with van der Waals surface area (Å²) in [6, 6.07) is 19.6. The van der Waals surface area contributed by atoms with Crippen molar-refractivity contribution in [2.75, 3.05) is 13.1 Å². The first-order valence-corrected chi connectivity index (χ1v) is 8.30. The summed E-state index contributed by atoms with van der Waals surface area (Å²) in [4.78, 5) is 13.8. The highest BCUT2D eigenvalue weighted by Crippen LogP contribution is 2.28. The van der Waals surface area contributed by atoms with Crippen LogP contribution >= 0.6 is 12.4 Å². The van der Waals surface area contributed by atoms with Crippen molar-refractivity contribution < 1.29 is 9.90 Å². The van der Waals surface area contributed by atoms with E-state index in [0.29, 0.717) is 5.92 Å². The quantitative estimate of drug-likeness (QED) is 0.883. The Labute approximate surface area is 149 Å². The van der Waals surface area contributed by atoms with E-state index in [0.717, 1.165) is 37.9 Å². The molecular formula is C20H24ClNO2. The first kappa shape index (κ1) is 18.5. The van der Waals surface area contributed by atoms with Crippen molar-refractivity contribution in [3.05, 3.63) is 71.8 Å². The Hall–Kier alpha value is -1.84. The van der Waals surface area contributed by atoms with E-state index in [1.807, 2.05) is 36.4 Å². The first-order chi connectivity index (χ1) is 11.2. The van der Waals surface area contributed by atoms with E-state index < -0.39 is 12.0 Å². The standard InChI is InChI=1S/C20H23NO2.ClH/c22-20(23)19(18-9-5-2-6-10-18)21-13-11-17(12-14-21)15-16-7-3-1-4-8-16;/h1-10,17,19H,11-15H2,(H,22,23);1H. The summed E-state index contributed by atoms with van der Waals surface area (Å²) in [5, 5.41) is 9.64. The molecule has 1 heterocycles. The molecule has 24 heavy (non-hydrogen) atoms. The molecule has 1 fully saturated rings. The summed E-state index contributed by atoms with van der Waals surface area (Å²) in [7, 11) is 0. The van der Waals surface area contributed by atoms with Gasteiger partial charge in [0, 0.05) is 0 Å². The zero-order valence-electron chi connectivity index (χ0n) is 13.7. The van der Waals surface area contributed by atoms with Gasteiger partial charge in [0.1, 0.15) is 6.04 Å². The lowest BCUT2D eigenvalue weighted by Gasteiger charge is -2.36. The van der Waals surface area contributed by atoms with Crippen molar-refractivity contribution in [1.82, 2.24) is 4.90 Å². The lowest BCUT2D eigenvalue weighted by Crippen LogP contribution is -2.40. The minimum atomic E-state index is -0.752. The fourth-order valence-corrected chi connectivity index (χ4v) is 3.51. The van der Waals surface area contributed by atoms with Crippen LogP contribution in [0, 0.1) is 5.92 Å². The van der Waals surface area contributed by atoms with E-state index in [1.54, 1.807) is 0 Å². The Kier molecular flexibility index (Phi) is 6.83. The molecule has 2 aromatic carbocycles. The van der Waals surface area contributed by atoms with Crippen LogP contribution in [0.3, 0.4) is 0 Å². The molecule has 1 N–H and O–H groups in total. The van der Waals surface area contributed by atoms with Gasteiger partial charge in [0.2, 0.25) is 0 Å². The lowest BCUT2D eigenvalue weighted by atomic mass is 9.89. The number of carboxylic acids is 1. The second-order valence-corrected chi connectivity index (χ2v) is 6.32. The molecule has 128 valence electrons. The Morgan fingerprint density at radius 1 is 1.00 bits per heavy atom. The smallest absolute Gasteiger partial charge is 0.325 e. The maximum Gasteiger partial charge on any atom is 0.325 e. The SMILES string of the molecule is Cl.O=C(O)C(c1ccccc1)N1CCC(Cc2ccccc2)CC1. The fourth-order valence-electron chi connectivity index (χ4n) is 3.51. The second-order valence-electron chi connectivity index (χ2n) is 6.32. The predicted octanol–water partition coefficient (Wildman–Crippen LogP) is 4.19. The van der Waals surface area contributed by atoms with Gasteiger partial charge in [-0.15, -0.1) is 12.4 Å². The van der Waals surface area contributed by atoms with Crippen LogP contribution in [-0.4, -0.2) is 29.1 Å². The summed E-state index contributed by atoms with van der Waals surface area (Å²) in [6.07, 6.45) is 3.22. The Morgan fingerprint density at radius 2 is 1.54 bits per heavy atom. The van der Waals surface area contributed by atoms with Crippen LogP contribution in [0.25, 0.3) is 0 Å². The third-order valence-corrected chi connectivity index (χ3v) is 4.73. The molecule has 4 heteroatoms. The topological polar surface area (TPSA) is 40.5 Å². The van der Waals surface area contributed by atoms with E-state index in [-0.39, 0.29) is 12.4 Å². The molecule has 0 amide bonds. The number of piperidine rings is 1. The molecule has 0 aliphatic carbocycles. The number of nitrogens with zero attached hydrogens (tertiary/aromatic N) is 1. The van der Waals surface area contributed by atoms with Gasteiger partial charge < -0.3 is 5.11 Å². The fraction of sp³-hybridized carbons (Fsp3) is 0.350. The van der Waals surface area contributed by atoms with Gasteiger partial charge in [-0.2, -0.15) is 0 Å². The molecule has 0 radical (unpaired) electrons. The third kappa shape index (κ3) is 4.59. The van der Waals surface area contributed by atoms with Crippen LogP contribution in [-0.2, 0) is 11.2 Å². The summed E-state index contributed by atoms with van der Waals surface area (Å²) < 4.78 is 0. The zero-order valence-corrected chi connectivity index (χ0v) is 14.5. The second kappa shape index (κ2) is 8.86. The van der Waals surface area contributed by atoms with Crippen molar-refractivity contribution in [3.8, 4) is 0 Å². The van der Waals surface area contributed by atoms with Crippen molar-refractivity contribution in [1.29, 1.82) is 0 Å². The van der Waals surface area contributed by atoms with Crippen molar-refractivity contribution in [3.63, 3.8) is 0 Å². The molecule has 0 saturated carbocycles. The van der Waals surface area contributed by atoms with Crippen LogP contribution < -0.4 is 0 Å². The van der Waals surface area contributed by atoms with E-state index >= 15 is 0 Å². The average molecular weight is 346 g/mol. The van der Waals surface area contributed by atoms with Gasteiger partial charge in [-0.05, 0) is 49.4 Å². The van der Waals surface area contributed by atoms with Crippen LogP contribution in [0.4, 0.5) is 0 Å². The van der Waals surface area contributed by atoms with Gasteiger partial charge in [-0.3, -0.25) is 9.69 Å². The largest absolute Gasteiger partial charge is 0.480 e. The van der Waals surface area contributed by atoms with Gasteiger partial charge in [-0.25, -0.2) is 0 Å². The first-order valence-electron chi connectivity index (χ1n) is 8.30. The Morgan fingerprint density at radius 3 is 2.08 bits per heavy atom. The van der Waals surface area contributed by atoms with Crippen molar-refractivity contribution in [2.45, 2.75) is 25.3 Å². The number of likely N-dealkylation sites (tertiary alicyclic amines) is 1. The number of hydrogen-bond acceptors (Lipinski definition) is 2. The van der Waals surface area contributed by atoms with Gasteiger partial charge in [0.05, 0.1) is 0 Å². The van der Waals surface area contributed by atoms with Gasteiger partial charge in [0.15, 0.2) is 0 Å². The third-order valence-electron chi connectivity index (χ3n) is 4.73. The summed E-state index contributed by atoms with van der Waals surface area (Å²) in [5.41, 5.74) is 2.25. The number of rotatable bonds is 5. The van der Waals surface area contributed by atoms with E-state index in [1.165, 1.54) is 5.56 Å². The number of hydrogen-bond donors (Lipinski definition) is 1. The zero-order chi connectivity index (χ0) is 16.1. The minimum Gasteiger partial charge on any atom is -0.480 e. The number of aliphatic carboxylic acids is 1. The van der Waals surface area contributed by atoms with Crippen LogP contribution in [0.1, 0.15) is 30.0 Å². The molecule has 1 unspecified atom stereocenters. The van der Waals surface area contributed by atoms with Crippen molar-refractivity contribution in [2.24, 2.45) is 5.92 Å². The van der Waals surface area contributed by atoms with E-state index in [4.69, 9.17) is 0 Å². The molecule has 1 aliphatic heterocycles. The van der Waals surface area contributed by atoms with Crippen molar-refractivity contribution >= 4 is 18.4 Å². The van der Waals surface area contributed by atoms with Crippen LogP contribution in [0.15, 0.2) is 60.7 Å². The normalized spacial score (nSPS) is 17.0. The predicted molar refractivity (Wildman–Crippen MR) is 98.5 cm³/mol. The van der Waals surface area contributed by atoms with Crippen LogP contribution in [0.5, 0.6) is 0 Å². The summed E-state index contributed by atoms with van der Waals surface area (Å²) in [5.74, 6) is -0.100. The maximum absolute atomic E-state index is 11.7. The molecule has 0 aromatic heterocycles. The molecule has 2 aromatic rings. The molecule has 1 aliphatic rings. The molecule has 0 spiro atoms. The Balaban J connectivity index is 0.00000208. The highest BCUT2D eigenvalue weighted by atomic mass is 35.5. The Bertz CT molecular complexity index is 625. The average Bonchev–Trinajstić information content (AvgIpc) is 2.58. The van der Waals surface area contributed by atoms with E-state index in [9.17, 15) is 9.90 Å². The lowest BCUT2D eigenvalue weighted by molar-refractivity contribution is -0.144. The van der Waals surface area contributed by atoms with Gasteiger partial charge >= 0.3 is 5.97 Å². The number of carbonyl (C=O) groups is 1. The monoisotopic (exact) mass is 345 g/mol. The number of halogens is 1. The molecule has 3 nitrogen and oxygen atoms in total. The summed E-state index contributed by atoms with van der Waals surface area (Å²) >= 11 is 0. The van der Waals surface area contributed by atoms with Gasteiger partial charge in [0.25, 0.3) is 0 Å². The number of carboxylic acid groups (broad SMARTS) is 1. The highest BCUT2D eigenvalue weighted by molar-refractivity contribution is 5.85. The number of benzene rings is 2. The minimum absolute atomic E-state index is 0.